The number of hydrogen-bond acceptors (Lipinski definition) is 4. The summed E-state index contributed by atoms with van der Waals surface area (Å²) in [5.41, 5.74) is 0.636. The fourth-order valence-electron chi connectivity index (χ4n) is 0.823. The van der Waals surface area contributed by atoms with Gasteiger partial charge in [0.1, 0.15) is 5.69 Å². The molecule has 0 aliphatic carbocycles. The Balaban J connectivity index is 2.31. The number of aromatic nitrogens is 3. The standard InChI is InChI=1S/C7H13N3OS/c1-2-12-4-3-10-5-7(6-11)8-9-10/h5,11H,2-4,6H2,1H3. The van der Waals surface area contributed by atoms with Gasteiger partial charge in [0.05, 0.1) is 19.3 Å². The Hall–Kier alpha value is -0.550. The number of nitrogens with zero attached hydrogens (tertiary/aromatic N) is 3. The summed E-state index contributed by atoms with van der Waals surface area (Å²) >= 11 is 1.87. The molecule has 4 nitrogen and oxygen atoms in total. The third kappa shape index (κ3) is 2.83. The molecule has 12 heavy (non-hydrogen) atoms. The average Bonchev–Trinajstić information content (AvgIpc) is 2.53. The number of aliphatic hydroxyl groups is 1. The molecule has 68 valence electrons. The van der Waals surface area contributed by atoms with Crippen LogP contribution in [0.5, 0.6) is 0 Å². The summed E-state index contributed by atoms with van der Waals surface area (Å²) in [5.74, 6) is 2.17. The minimum atomic E-state index is -0.0269. The van der Waals surface area contributed by atoms with Crippen molar-refractivity contribution in [3.8, 4) is 0 Å². The summed E-state index contributed by atoms with van der Waals surface area (Å²) in [6.45, 7) is 2.97. The van der Waals surface area contributed by atoms with Crippen molar-refractivity contribution >= 4 is 11.8 Å². The van der Waals surface area contributed by atoms with Crippen LogP contribution in [0.1, 0.15) is 12.6 Å². The third-order valence-corrected chi connectivity index (χ3v) is 2.30. The zero-order valence-corrected chi connectivity index (χ0v) is 7.92. The molecule has 0 saturated heterocycles. The van der Waals surface area contributed by atoms with Gasteiger partial charge in [-0.3, -0.25) is 4.68 Å². The van der Waals surface area contributed by atoms with E-state index in [-0.39, 0.29) is 6.61 Å². The number of thioether (sulfide) groups is 1. The van der Waals surface area contributed by atoms with Gasteiger partial charge in [0.25, 0.3) is 0 Å². The van der Waals surface area contributed by atoms with Crippen molar-refractivity contribution < 1.29 is 5.11 Å². The second kappa shape index (κ2) is 5.16. The van der Waals surface area contributed by atoms with Crippen LogP contribution in [-0.4, -0.2) is 31.6 Å². The normalized spacial score (nSPS) is 10.5. The number of hydrogen-bond donors (Lipinski definition) is 1. The predicted molar refractivity (Wildman–Crippen MR) is 48.9 cm³/mol. The Morgan fingerprint density at radius 1 is 1.67 bits per heavy atom. The van der Waals surface area contributed by atoms with Crippen LogP contribution in [-0.2, 0) is 13.2 Å². The van der Waals surface area contributed by atoms with Crippen LogP contribution in [0.25, 0.3) is 0 Å². The number of aryl methyl sites for hydroxylation is 1. The monoisotopic (exact) mass is 187 g/mol. The van der Waals surface area contributed by atoms with E-state index in [0.29, 0.717) is 5.69 Å². The Morgan fingerprint density at radius 3 is 3.08 bits per heavy atom. The summed E-state index contributed by atoms with van der Waals surface area (Å²) in [7, 11) is 0. The molecule has 0 bridgehead atoms. The van der Waals surface area contributed by atoms with Crippen molar-refractivity contribution in [3.63, 3.8) is 0 Å². The van der Waals surface area contributed by atoms with Crippen molar-refractivity contribution in [1.82, 2.24) is 15.0 Å². The minimum absolute atomic E-state index is 0.0269. The molecule has 0 radical (unpaired) electrons. The van der Waals surface area contributed by atoms with Crippen LogP contribution in [0.2, 0.25) is 0 Å². The van der Waals surface area contributed by atoms with Crippen molar-refractivity contribution in [2.45, 2.75) is 20.1 Å². The molecule has 1 rings (SSSR count). The molecule has 0 aliphatic rings. The lowest BCUT2D eigenvalue weighted by atomic mass is 10.5. The molecule has 0 atom stereocenters. The van der Waals surface area contributed by atoms with Crippen molar-refractivity contribution in [2.24, 2.45) is 0 Å². The fourth-order valence-corrected chi connectivity index (χ4v) is 1.43. The molecule has 5 heteroatoms. The summed E-state index contributed by atoms with van der Waals surface area (Å²) in [6, 6.07) is 0. The quantitative estimate of drug-likeness (QED) is 0.683. The minimum Gasteiger partial charge on any atom is -0.390 e. The van der Waals surface area contributed by atoms with Crippen LogP contribution < -0.4 is 0 Å². The first-order valence-electron chi connectivity index (χ1n) is 3.94. The molecule has 1 N–H and O–H groups in total. The lowest BCUT2D eigenvalue weighted by molar-refractivity contribution is 0.276. The van der Waals surface area contributed by atoms with Gasteiger partial charge in [-0.2, -0.15) is 11.8 Å². The average molecular weight is 187 g/mol. The first kappa shape index (κ1) is 9.54. The van der Waals surface area contributed by atoms with E-state index >= 15 is 0 Å². The van der Waals surface area contributed by atoms with E-state index in [1.165, 1.54) is 0 Å². The Morgan fingerprint density at radius 2 is 2.50 bits per heavy atom. The van der Waals surface area contributed by atoms with Gasteiger partial charge >= 0.3 is 0 Å². The lowest BCUT2D eigenvalue weighted by Gasteiger charge is -1.97. The van der Waals surface area contributed by atoms with Gasteiger partial charge in [-0.15, -0.1) is 5.10 Å². The largest absolute Gasteiger partial charge is 0.390 e. The van der Waals surface area contributed by atoms with E-state index in [1.807, 2.05) is 11.8 Å². The molecule has 1 heterocycles. The first-order valence-corrected chi connectivity index (χ1v) is 5.10. The molecule has 0 amide bonds. The summed E-state index contributed by atoms with van der Waals surface area (Å²) in [5, 5.41) is 16.3. The number of rotatable bonds is 5. The van der Waals surface area contributed by atoms with Crippen molar-refractivity contribution in [3.05, 3.63) is 11.9 Å². The second-order valence-electron chi connectivity index (χ2n) is 2.33. The van der Waals surface area contributed by atoms with Gasteiger partial charge in [0, 0.05) is 5.75 Å². The molecule has 0 saturated carbocycles. The van der Waals surface area contributed by atoms with E-state index in [2.05, 4.69) is 17.2 Å². The molecule has 0 aromatic carbocycles. The highest BCUT2D eigenvalue weighted by molar-refractivity contribution is 7.99. The van der Waals surface area contributed by atoms with Gasteiger partial charge < -0.3 is 5.11 Å². The highest BCUT2D eigenvalue weighted by Crippen LogP contribution is 2.00. The van der Waals surface area contributed by atoms with Gasteiger partial charge in [0.15, 0.2) is 0 Å². The van der Waals surface area contributed by atoms with Crippen LogP contribution in [0.3, 0.4) is 0 Å². The molecule has 1 aromatic rings. The zero-order chi connectivity index (χ0) is 8.81. The predicted octanol–water partition coefficient (Wildman–Crippen LogP) is 0.523. The highest BCUT2D eigenvalue weighted by atomic mass is 32.2. The number of aliphatic hydroxyl groups excluding tert-OH is 1. The first-order chi connectivity index (χ1) is 5.86. The van der Waals surface area contributed by atoms with Crippen molar-refractivity contribution in [2.75, 3.05) is 11.5 Å². The zero-order valence-electron chi connectivity index (χ0n) is 7.10. The van der Waals surface area contributed by atoms with Gasteiger partial charge in [0.2, 0.25) is 0 Å². The Labute approximate surface area is 76.0 Å². The summed E-state index contributed by atoms with van der Waals surface area (Å²) < 4.78 is 1.76. The molecule has 0 aliphatic heterocycles. The smallest absolute Gasteiger partial charge is 0.108 e. The van der Waals surface area contributed by atoms with Crippen LogP contribution in [0.15, 0.2) is 6.20 Å². The maximum absolute atomic E-state index is 8.70. The van der Waals surface area contributed by atoms with Gasteiger partial charge in [-0.1, -0.05) is 12.1 Å². The van der Waals surface area contributed by atoms with E-state index in [9.17, 15) is 0 Å². The van der Waals surface area contributed by atoms with Crippen molar-refractivity contribution in [1.29, 1.82) is 0 Å². The lowest BCUT2D eigenvalue weighted by Crippen LogP contribution is -2.01. The van der Waals surface area contributed by atoms with E-state index in [4.69, 9.17) is 5.11 Å². The molecular formula is C7H13N3OS. The molecule has 1 aromatic heterocycles. The maximum atomic E-state index is 8.70. The second-order valence-corrected chi connectivity index (χ2v) is 3.72. The highest BCUT2D eigenvalue weighted by Gasteiger charge is 1.97. The Bertz CT molecular complexity index is 226. The van der Waals surface area contributed by atoms with Gasteiger partial charge in [-0.05, 0) is 5.75 Å². The van der Waals surface area contributed by atoms with E-state index < -0.39 is 0 Å². The molecule has 0 fully saturated rings. The van der Waals surface area contributed by atoms with Gasteiger partial charge in [-0.25, -0.2) is 0 Å². The van der Waals surface area contributed by atoms with Crippen LogP contribution in [0, 0.1) is 0 Å². The SMILES string of the molecule is CCSCCn1cc(CO)nn1. The molecule has 0 unspecified atom stereocenters. The maximum Gasteiger partial charge on any atom is 0.108 e. The van der Waals surface area contributed by atoms with Crippen LogP contribution >= 0.6 is 11.8 Å². The summed E-state index contributed by atoms with van der Waals surface area (Å²) in [6.07, 6.45) is 1.77. The van der Waals surface area contributed by atoms with E-state index in [1.54, 1.807) is 10.9 Å². The molecule has 0 spiro atoms. The van der Waals surface area contributed by atoms with E-state index in [0.717, 1.165) is 18.1 Å². The molecular weight excluding hydrogens is 174 g/mol. The fraction of sp³-hybridized carbons (Fsp3) is 0.714. The topological polar surface area (TPSA) is 50.9 Å². The Kier molecular flexibility index (Phi) is 4.10. The third-order valence-electron chi connectivity index (χ3n) is 1.42. The summed E-state index contributed by atoms with van der Waals surface area (Å²) in [4.78, 5) is 0. The van der Waals surface area contributed by atoms with Crippen LogP contribution in [0.4, 0.5) is 0 Å².